The number of rotatable bonds is 11. The van der Waals surface area contributed by atoms with Gasteiger partial charge in [0.15, 0.2) is 0 Å². The number of carbonyl (C=O) groups excluding carboxylic acids is 5. The highest BCUT2D eigenvalue weighted by Gasteiger charge is 2.30. The van der Waals surface area contributed by atoms with E-state index in [9.17, 15) is 24.0 Å². The van der Waals surface area contributed by atoms with Crippen molar-refractivity contribution in [1.29, 1.82) is 0 Å². The van der Waals surface area contributed by atoms with E-state index in [1.54, 1.807) is 34.6 Å². The van der Waals surface area contributed by atoms with Crippen molar-refractivity contribution < 1.29 is 33.4 Å². The molecule has 12 heteroatoms. The van der Waals surface area contributed by atoms with E-state index in [-0.39, 0.29) is 18.9 Å². The van der Waals surface area contributed by atoms with Gasteiger partial charge in [0.1, 0.15) is 17.7 Å². The van der Waals surface area contributed by atoms with E-state index in [0.29, 0.717) is 17.7 Å². The van der Waals surface area contributed by atoms with Crippen LogP contribution in [0.4, 0.5) is 15.3 Å². The number of anilines is 1. The summed E-state index contributed by atoms with van der Waals surface area (Å²) in [7, 11) is 1.26. The fourth-order valence-electron chi connectivity index (χ4n) is 3.05. The van der Waals surface area contributed by atoms with Gasteiger partial charge < -0.3 is 36.5 Å². The van der Waals surface area contributed by atoms with Gasteiger partial charge in [0.25, 0.3) is 0 Å². The molecule has 0 heterocycles. The van der Waals surface area contributed by atoms with Gasteiger partial charge in [-0.3, -0.25) is 9.59 Å². The zero-order valence-electron chi connectivity index (χ0n) is 21.6. The molecule has 0 saturated heterocycles. The average Bonchev–Trinajstić information content (AvgIpc) is 2.77. The molecule has 5 amide bonds. The molecule has 0 bridgehead atoms. The number of nitrogens with two attached hydrogens (primary N) is 1. The van der Waals surface area contributed by atoms with Gasteiger partial charge in [0.2, 0.25) is 11.8 Å². The van der Waals surface area contributed by atoms with Crippen LogP contribution < -0.4 is 27.0 Å². The molecule has 2 atom stereocenters. The SMILES string of the molecule is COC(=O)c1ccc(NC(=O)[C@H](CCCNC(N)=O)NC(=O)[C@@H](NC(=O)OC(C)(C)C)C(C)C)cc1. The molecule has 36 heavy (non-hydrogen) atoms. The molecule has 6 N–H and O–H groups in total. The van der Waals surface area contributed by atoms with Gasteiger partial charge in [-0.2, -0.15) is 0 Å². The second kappa shape index (κ2) is 13.9. The van der Waals surface area contributed by atoms with Crippen molar-refractivity contribution in [2.24, 2.45) is 11.7 Å². The Bertz CT molecular complexity index is 926. The summed E-state index contributed by atoms with van der Waals surface area (Å²) < 4.78 is 9.90. The summed E-state index contributed by atoms with van der Waals surface area (Å²) in [4.78, 5) is 60.8. The standard InChI is InChI=1S/C24H37N5O7/c1-14(2)18(29-23(34)36-24(3,4)5)20(31)28-17(8-7-13-26-22(25)33)19(30)27-16-11-9-15(10-12-16)21(32)35-6/h9-12,14,17-18H,7-8,13H2,1-6H3,(H,27,30)(H,28,31)(H,29,34)(H3,25,26,33)/t17-,18-/m0/s1. The lowest BCUT2D eigenvalue weighted by atomic mass is 10.0. The summed E-state index contributed by atoms with van der Waals surface area (Å²) >= 11 is 0. The molecule has 200 valence electrons. The van der Waals surface area contributed by atoms with Crippen molar-refractivity contribution in [2.45, 2.75) is 65.1 Å². The Hall–Kier alpha value is -3.83. The quantitative estimate of drug-likeness (QED) is 0.224. The maximum Gasteiger partial charge on any atom is 0.408 e. The van der Waals surface area contributed by atoms with Crippen LogP contribution in [0, 0.1) is 5.92 Å². The average molecular weight is 508 g/mol. The number of nitrogens with one attached hydrogen (secondary N) is 4. The number of amides is 5. The molecule has 0 spiro atoms. The van der Waals surface area contributed by atoms with Gasteiger partial charge in [-0.1, -0.05) is 13.8 Å². The second-order valence-electron chi connectivity index (χ2n) is 9.42. The molecule has 1 rings (SSSR count). The molecule has 0 unspecified atom stereocenters. The summed E-state index contributed by atoms with van der Waals surface area (Å²) in [5.74, 6) is -1.91. The van der Waals surface area contributed by atoms with E-state index in [1.165, 1.54) is 31.4 Å². The predicted octanol–water partition coefficient (Wildman–Crippen LogP) is 1.89. The van der Waals surface area contributed by atoms with E-state index in [1.807, 2.05) is 0 Å². The van der Waals surface area contributed by atoms with Crippen LogP contribution in [0.15, 0.2) is 24.3 Å². The van der Waals surface area contributed by atoms with Gasteiger partial charge in [-0.05, 0) is 63.8 Å². The third kappa shape index (κ3) is 11.1. The highest BCUT2D eigenvalue weighted by atomic mass is 16.6. The summed E-state index contributed by atoms with van der Waals surface area (Å²) in [6.07, 6.45) is -0.238. The number of hydrogen-bond acceptors (Lipinski definition) is 7. The number of esters is 1. The fraction of sp³-hybridized carbons (Fsp3) is 0.542. The predicted molar refractivity (Wildman–Crippen MR) is 133 cm³/mol. The molecule has 0 aliphatic heterocycles. The smallest absolute Gasteiger partial charge is 0.408 e. The lowest BCUT2D eigenvalue weighted by molar-refractivity contribution is -0.128. The van der Waals surface area contributed by atoms with Crippen molar-refractivity contribution in [3.63, 3.8) is 0 Å². The normalized spacial score (nSPS) is 12.6. The number of alkyl carbamates (subject to hydrolysis) is 1. The highest BCUT2D eigenvalue weighted by molar-refractivity contribution is 5.98. The van der Waals surface area contributed by atoms with Crippen LogP contribution in [0.1, 0.15) is 57.8 Å². The van der Waals surface area contributed by atoms with E-state index < -0.39 is 47.6 Å². The first-order valence-electron chi connectivity index (χ1n) is 11.6. The van der Waals surface area contributed by atoms with Crippen molar-refractivity contribution >= 4 is 35.6 Å². The third-order valence-electron chi connectivity index (χ3n) is 4.80. The van der Waals surface area contributed by atoms with Crippen molar-refractivity contribution in [2.75, 3.05) is 19.0 Å². The minimum absolute atomic E-state index is 0.176. The second-order valence-corrected chi connectivity index (χ2v) is 9.42. The molecule has 0 fully saturated rings. The van der Waals surface area contributed by atoms with Crippen LogP contribution in [0.3, 0.4) is 0 Å². The maximum absolute atomic E-state index is 13.0. The lowest BCUT2D eigenvalue weighted by Crippen LogP contribution is -2.55. The summed E-state index contributed by atoms with van der Waals surface area (Å²) in [5.41, 5.74) is 5.03. The zero-order valence-corrected chi connectivity index (χ0v) is 21.6. The van der Waals surface area contributed by atoms with E-state index in [4.69, 9.17) is 10.5 Å². The molecule has 0 aliphatic rings. The first kappa shape index (κ1) is 30.2. The number of ether oxygens (including phenoxy) is 2. The Morgan fingerprint density at radius 1 is 0.972 bits per heavy atom. The molecule has 12 nitrogen and oxygen atoms in total. The highest BCUT2D eigenvalue weighted by Crippen LogP contribution is 2.13. The molecule has 1 aromatic carbocycles. The Labute approximate surface area is 211 Å². The minimum atomic E-state index is -0.992. The van der Waals surface area contributed by atoms with Gasteiger partial charge in [-0.25, -0.2) is 14.4 Å². The van der Waals surface area contributed by atoms with Crippen LogP contribution in [0.2, 0.25) is 0 Å². The molecular weight excluding hydrogens is 470 g/mol. The zero-order chi connectivity index (χ0) is 27.5. The third-order valence-corrected chi connectivity index (χ3v) is 4.80. The first-order chi connectivity index (χ1) is 16.7. The number of hydrogen-bond donors (Lipinski definition) is 5. The summed E-state index contributed by atoms with van der Waals surface area (Å²) in [6.45, 7) is 8.80. The molecule has 0 aliphatic carbocycles. The lowest BCUT2D eigenvalue weighted by Gasteiger charge is -2.27. The van der Waals surface area contributed by atoms with Gasteiger partial charge >= 0.3 is 18.1 Å². The van der Waals surface area contributed by atoms with Crippen molar-refractivity contribution in [3.05, 3.63) is 29.8 Å². The summed E-state index contributed by atoms with van der Waals surface area (Å²) in [5, 5.41) is 10.3. The van der Waals surface area contributed by atoms with E-state index in [0.717, 1.165) is 0 Å². The number of methoxy groups -OCH3 is 1. The number of primary amides is 1. The monoisotopic (exact) mass is 507 g/mol. The van der Waals surface area contributed by atoms with E-state index >= 15 is 0 Å². The van der Waals surface area contributed by atoms with Crippen LogP contribution in [-0.4, -0.2) is 61.2 Å². The number of urea groups is 1. The molecule has 0 saturated carbocycles. The number of benzene rings is 1. The molecule has 0 aromatic heterocycles. The van der Waals surface area contributed by atoms with Crippen LogP contribution in [-0.2, 0) is 19.1 Å². The topological polar surface area (TPSA) is 178 Å². The Kier molecular flexibility index (Phi) is 11.7. The largest absolute Gasteiger partial charge is 0.465 e. The Balaban J connectivity index is 2.97. The van der Waals surface area contributed by atoms with Gasteiger partial charge in [-0.15, -0.1) is 0 Å². The van der Waals surface area contributed by atoms with Gasteiger partial charge in [0.05, 0.1) is 12.7 Å². The molecule has 1 aromatic rings. The van der Waals surface area contributed by atoms with E-state index in [2.05, 4.69) is 26.0 Å². The Morgan fingerprint density at radius 3 is 2.08 bits per heavy atom. The fourth-order valence-corrected chi connectivity index (χ4v) is 3.05. The van der Waals surface area contributed by atoms with Crippen LogP contribution in [0.25, 0.3) is 0 Å². The Morgan fingerprint density at radius 2 is 1.58 bits per heavy atom. The maximum atomic E-state index is 13.0. The van der Waals surface area contributed by atoms with Crippen LogP contribution in [0.5, 0.6) is 0 Å². The first-order valence-corrected chi connectivity index (χ1v) is 11.6. The van der Waals surface area contributed by atoms with Crippen molar-refractivity contribution in [3.8, 4) is 0 Å². The minimum Gasteiger partial charge on any atom is -0.465 e. The van der Waals surface area contributed by atoms with Crippen molar-refractivity contribution in [1.82, 2.24) is 16.0 Å². The van der Waals surface area contributed by atoms with Crippen LogP contribution >= 0.6 is 0 Å². The van der Waals surface area contributed by atoms with Gasteiger partial charge in [0, 0.05) is 12.2 Å². The summed E-state index contributed by atoms with van der Waals surface area (Å²) in [6, 6.07) is 3.38. The molecular formula is C24H37N5O7. The number of carbonyl (C=O) groups is 5. The molecule has 0 radical (unpaired) electrons.